The zero-order valence-electron chi connectivity index (χ0n) is 11.3. The molecule has 1 N–H and O–H groups in total. The van der Waals surface area contributed by atoms with E-state index in [1.165, 1.54) is 32.0 Å². The molecule has 0 aliphatic carbocycles. The molecule has 0 radical (unpaired) electrons. The van der Waals surface area contributed by atoms with E-state index in [0.29, 0.717) is 33.8 Å². The Morgan fingerprint density at radius 2 is 2.10 bits per heavy atom. The Balaban J connectivity index is 0.00000132. The Bertz CT molecular complexity index is 655. The summed E-state index contributed by atoms with van der Waals surface area (Å²) >= 11 is 5.82. The average molecular weight is 332 g/mol. The van der Waals surface area contributed by atoms with Crippen molar-refractivity contribution in [2.24, 2.45) is 5.92 Å². The maximum atomic E-state index is 14.0. The molecule has 2 bridgehead atoms. The summed E-state index contributed by atoms with van der Waals surface area (Å²) in [6.45, 7) is 3.34. The van der Waals surface area contributed by atoms with Crippen LogP contribution in [-0.4, -0.2) is 35.7 Å². The van der Waals surface area contributed by atoms with Gasteiger partial charge in [0.25, 0.3) is 0 Å². The van der Waals surface area contributed by atoms with Gasteiger partial charge in [0, 0.05) is 23.7 Å². The molecule has 2 aromatic rings. The number of nitrogens with zero attached hydrogens (tertiary/aromatic N) is 2. The molecule has 0 spiro atoms. The van der Waals surface area contributed by atoms with Crippen molar-refractivity contribution in [1.82, 2.24) is 10.1 Å². The smallest absolute Gasteiger partial charge is 0.180 e. The molecule has 0 saturated carbocycles. The SMILES string of the molecule is Cl.Fc1cc(Cl)cc2onc(NC3CN4CCC3CC4)c12. The van der Waals surface area contributed by atoms with Crippen LogP contribution in [0.15, 0.2) is 16.7 Å². The Hall–Kier alpha value is -1.04. The summed E-state index contributed by atoms with van der Waals surface area (Å²) in [7, 11) is 0. The number of hydrogen-bond donors (Lipinski definition) is 1. The first-order valence-corrected chi connectivity index (χ1v) is 7.32. The molecule has 1 aromatic carbocycles. The van der Waals surface area contributed by atoms with Crippen LogP contribution in [0.4, 0.5) is 10.2 Å². The third-order valence-electron chi connectivity index (χ3n) is 4.47. The Morgan fingerprint density at radius 3 is 2.76 bits per heavy atom. The van der Waals surface area contributed by atoms with E-state index in [4.69, 9.17) is 16.1 Å². The first kappa shape index (κ1) is 14.9. The van der Waals surface area contributed by atoms with E-state index in [0.717, 1.165) is 6.54 Å². The first-order valence-electron chi connectivity index (χ1n) is 6.94. The molecule has 114 valence electrons. The second-order valence-electron chi connectivity index (χ2n) is 5.68. The van der Waals surface area contributed by atoms with Crippen LogP contribution in [0, 0.1) is 11.7 Å². The van der Waals surface area contributed by atoms with Crippen LogP contribution in [0.25, 0.3) is 11.0 Å². The molecule has 5 rings (SSSR count). The number of rotatable bonds is 2. The number of piperidine rings is 3. The fourth-order valence-corrected chi connectivity index (χ4v) is 3.59. The molecule has 1 unspecified atom stereocenters. The van der Waals surface area contributed by atoms with Crippen LogP contribution in [0.5, 0.6) is 0 Å². The maximum absolute atomic E-state index is 14.0. The molecule has 21 heavy (non-hydrogen) atoms. The van der Waals surface area contributed by atoms with Gasteiger partial charge in [-0.2, -0.15) is 0 Å². The summed E-state index contributed by atoms with van der Waals surface area (Å²) in [5.41, 5.74) is 0.388. The monoisotopic (exact) mass is 331 g/mol. The van der Waals surface area contributed by atoms with Gasteiger partial charge in [0.05, 0.1) is 0 Å². The van der Waals surface area contributed by atoms with Gasteiger partial charge in [0.15, 0.2) is 11.4 Å². The second-order valence-corrected chi connectivity index (χ2v) is 6.12. The van der Waals surface area contributed by atoms with Gasteiger partial charge < -0.3 is 14.7 Å². The van der Waals surface area contributed by atoms with Gasteiger partial charge in [-0.25, -0.2) is 4.39 Å². The maximum Gasteiger partial charge on any atom is 0.180 e. The van der Waals surface area contributed by atoms with Crippen molar-refractivity contribution >= 4 is 40.8 Å². The topological polar surface area (TPSA) is 41.3 Å². The predicted molar refractivity (Wildman–Crippen MR) is 82.8 cm³/mol. The molecule has 3 aliphatic heterocycles. The van der Waals surface area contributed by atoms with E-state index in [1.807, 2.05) is 0 Å². The van der Waals surface area contributed by atoms with Gasteiger partial charge in [0.2, 0.25) is 0 Å². The highest BCUT2D eigenvalue weighted by Gasteiger charge is 2.34. The Kier molecular flexibility index (Phi) is 3.99. The lowest BCUT2D eigenvalue weighted by Crippen LogP contribution is -2.53. The van der Waals surface area contributed by atoms with Crippen molar-refractivity contribution in [3.63, 3.8) is 0 Å². The summed E-state index contributed by atoms with van der Waals surface area (Å²) < 4.78 is 19.2. The summed E-state index contributed by atoms with van der Waals surface area (Å²) in [5.74, 6) is 0.743. The van der Waals surface area contributed by atoms with Crippen LogP contribution >= 0.6 is 24.0 Å². The number of hydrogen-bond acceptors (Lipinski definition) is 4. The zero-order chi connectivity index (χ0) is 13.7. The van der Waals surface area contributed by atoms with Gasteiger partial charge in [-0.3, -0.25) is 0 Å². The molecule has 4 heterocycles. The predicted octanol–water partition coefficient (Wildman–Crippen LogP) is 3.55. The van der Waals surface area contributed by atoms with Crippen molar-refractivity contribution in [3.05, 3.63) is 23.0 Å². The number of aromatic nitrogens is 1. The summed E-state index contributed by atoms with van der Waals surface area (Å²) in [4.78, 5) is 2.44. The van der Waals surface area contributed by atoms with Crippen LogP contribution in [0.3, 0.4) is 0 Å². The standard InChI is InChI=1S/C14H15ClFN3O.ClH/c15-9-5-10(16)13-12(6-9)20-18-14(13)17-11-7-19-3-1-8(11)2-4-19;/h5-6,8,11H,1-4,7H2,(H,17,18);1H. The number of nitrogens with one attached hydrogen (secondary N) is 1. The molecule has 4 nitrogen and oxygen atoms in total. The van der Waals surface area contributed by atoms with Gasteiger partial charge in [-0.05, 0) is 37.9 Å². The van der Waals surface area contributed by atoms with Gasteiger partial charge in [-0.1, -0.05) is 16.8 Å². The average Bonchev–Trinajstić information content (AvgIpc) is 2.83. The quantitative estimate of drug-likeness (QED) is 0.913. The van der Waals surface area contributed by atoms with E-state index in [1.54, 1.807) is 6.07 Å². The van der Waals surface area contributed by atoms with E-state index in [-0.39, 0.29) is 12.4 Å². The van der Waals surface area contributed by atoms with Crippen molar-refractivity contribution in [1.29, 1.82) is 0 Å². The molecular weight excluding hydrogens is 316 g/mol. The largest absolute Gasteiger partial charge is 0.362 e. The van der Waals surface area contributed by atoms with E-state index in [2.05, 4.69) is 15.4 Å². The number of anilines is 1. The van der Waals surface area contributed by atoms with E-state index in [9.17, 15) is 4.39 Å². The normalized spacial score (nSPS) is 27.6. The summed E-state index contributed by atoms with van der Waals surface area (Å²) in [6, 6.07) is 3.21. The van der Waals surface area contributed by atoms with Crippen LogP contribution in [0.2, 0.25) is 5.02 Å². The lowest BCUT2D eigenvalue weighted by atomic mass is 9.84. The molecule has 3 fully saturated rings. The molecule has 3 saturated heterocycles. The highest BCUT2D eigenvalue weighted by atomic mass is 35.5. The van der Waals surface area contributed by atoms with Crippen LogP contribution in [-0.2, 0) is 0 Å². The number of fused-ring (bicyclic) bond motifs is 4. The minimum absolute atomic E-state index is 0. The molecule has 1 aromatic heterocycles. The molecule has 0 amide bonds. The third kappa shape index (κ3) is 2.58. The lowest BCUT2D eigenvalue weighted by Gasteiger charge is -2.44. The van der Waals surface area contributed by atoms with Crippen molar-refractivity contribution in [3.8, 4) is 0 Å². The van der Waals surface area contributed by atoms with Gasteiger partial charge >= 0.3 is 0 Å². The van der Waals surface area contributed by atoms with Crippen molar-refractivity contribution in [2.75, 3.05) is 25.0 Å². The minimum Gasteiger partial charge on any atom is -0.362 e. The zero-order valence-corrected chi connectivity index (χ0v) is 12.9. The van der Waals surface area contributed by atoms with Gasteiger partial charge in [-0.15, -0.1) is 12.4 Å². The highest BCUT2D eigenvalue weighted by Crippen LogP contribution is 2.33. The molecule has 7 heteroatoms. The Morgan fingerprint density at radius 1 is 1.33 bits per heavy atom. The van der Waals surface area contributed by atoms with E-state index >= 15 is 0 Å². The fraction of sp³-hybridized carbons (Fsp3) is 0.500. The van der Waals surface area contributed by atoms with Crippen molar-refractivity contribution < 1.29 is 8.91 Å². The molecule has 1 atom stereocenters. The first-order chi connectivity index (χ1) is 9.70. The number of benzene rings is 1. The van der Waals surface area contributed by atoms with Crippen molar-refractivity contribution in [2.45, 2.75) is 18.9 Å². The second kappa shape index (κ2) is 5.63. The summed E-state index contributed by atoms with van der Waals surface area (Å²) in [5, 5.41) is 8.05. The fourth-order valence-electron chi connectivity index (χ4n) is 3.40. The summed E-state index contributed by atoms with van der Waals surface area (Å²) in [6.07, 6.45) is 2.39. The highest BCUT2D eigenvalue weighted by molar-refractivity contribution is 6.31. The minimum atomic E-state index is -0.391. The molecule has 3 aliphatic rings. The lowest BCUT2D eigenvalue weighted by molar-refractivity contribution is 0.0973. The van der Waals surface area contributed by atoms with Crippen LogP contribution < -0.4 is 5.32 Å². The van der Waals surface area contributed by atoms with Crippen LogP contribution in [0.1, 0.15) is 12.8 Å². The van der Waals surface area contributed by atoms with E-state index < -0.39 is 5.82 Å². The number of halogens is 3. The van der Waals surface area contributed by atoms with Gasteiger partial charge in [0.1, 0.15) is 11.2 Å². The molecular formula is C14H16Cl2FN3O. The third-order valence-corrected chi connectivity index (χ3v) is 4.69. The Labute approximate surface area is 133 Å².